The SMILES string of the molecule is Nc1nc2ncc(CCNc3ccc(C(=O)NC(CCC(=O)O)C(=O)O)cc3)nc2c(=O)[nH]1. The first-order chi connectivity index (χ1) is 15.7. The number of H-pyrrole nitrogens is 1. The Morgan fingerprint density at radius 3 is 2.52 bits per heavy atom. The zero-order valence-corrected chi connectivity index (χ0v) is 17.2. The predicted molar refractivity (Wildman–Crippen MR) is 117 cm³/mol. The van der Waals surface area contributed by atoms with Gasteiger partial charge in [0.25, 0.3) is 11.5 Å². The van der Waals surface area contributed by atoms with Gasteiger partial charge in [0.05, 0.1) is 11.9 Å². The molecule has 33 heavy (non-hydrogen) atoms. The number of nitrogen functional groups attached to an aromatic ring is 1. The monoisotopic (exact) mass is 455 g/mol. The minimum Gasteiger partial charge on any atom is -0.481 e. The third-order valence-corrected chi connectivity index (χ3v) is 4.59. The van der Waals surface area contributed by atoms with Crippen LogP contribution in [0, 0.1) is 0 Å². The maximum Gasteiger partial charge on any atom is 0.326 e. The Kier molecular flexibility index (Phi) is 7.13. The number of amides is 1. The molecule has 3 rings (SSSR count). The molecule has 0 fully saturated rings. The van der Waals surface area contributed by atoms with Gasteiger partial charge in [-0.1, -0.05) is 0 Å². The number of nitrogens with one attached hydrogen (secondary N) is 3. The summed E-state index contributed by atoms with van der Waals surface area (Å²) in [6.45, 7) is 0.461. The summed E-state index contributed by atoms with van der Waals surface area (Å²) in [4.78, 5) is 60.7. The summed E-state index contributed by atoms with van der Waals surface area (Å²) < 4.78 is 0. The van der Waals surface area contributed by atoms with Crippen LogP contribution in [0.5, 0.6) is 0 Å². The van der Waals surface area contributed by atoms with Crippen LogP contribution in [0.4, 0.5) is 11.6 Å². The average Bonchev–Trinajstić information content (AvgIpc) is 2.77. The molecule has 1 unspecified atom stereocenters. The lowest BCUT2D eigenvalue weighted by molar-refractivity contribution is -0.140. The van der Waals surface area contributed by atoms with Gasteiger partial charge in [0, 0.05) is 30.6 Å². The predicted octanol–water partition coefficient (Wildman–Crippen LogP) is -0.00230. The molecule has 13 heteroatoms. The number of nitrogens with two attached hydrogens (primary N) is 1. The Balaban J connectivity index is 1.55. The van der Waals surface area contributed by atoms with E-state index < -0.39 is 29.4 Å². The van der Waals surface area contributed by atoms with Crippen molar-refractivity contribution >= 4 is 40.6 Å². The van der Waals surface area contributed by atoms with Crippen LogP contribution in [-0.4, -0.2) is 60.6 Å². The fourth-order valence-electron chi connectivity index (χ4n) is 2.93. The molecule has 0 aliphatic carbocycles. The van der Waals surface area contributed by atoms with Crippen LogP contribution in [0.3, 0.4) is 0 Å². The van der Waals surface area contributed by atoms with E-state index in [2.05, 4.69) is 30.6 Å². The maximum absolute atomic E-state index is 12.3. The first-order valence-corrected chi connectivity index (χ1v) is 9.83. The number of aromatic amines is 1. The molecule has 1 atom stereocenters. The second-order valence-electron chi connectivity index (χ2n) is 7.04. The summed E-state index contributed by atoms with van der Waals surface area (Å²) in [5.41, 5.74) is 6.78. The van der Waals surface area contributed by atoms with Crippen LogP contribution < -0.4 is 21.9 Å². The van der Waals surface area contributed by atoms with Crippen molar-refractivity contribution in [3.05, 3.63) is 52.1 Å². The number of fused-ring (bicyclic) bond motifs is 1. The van der Waals surface area contributed by atoms with E-state index >= 15 is 0 Å². The Labute approximate surface area is 186 Å². The van der Waals surface area contributed by atoms with Crippen molar-refractivity contribution in [2.45, 2.75) is 25.3 Å². The molecule has 3 aromatic rings. The highest BCUT2D eigenvalue weighted by atomic mass is 16.4. The van der Waals surface area contributed by atoms with E-state index in [9.17, 15) is 19.2 Å². The van der Waals surface area contributed by atoms with Crippen molar-refractivity contribution in [1.82, 2.24) is 25.3 Å². The number of rotatable bonds is 10. The molecule has 0 aliphatic rings. The van der Waals surface area contributed by atoms with Crippen LogP contribution in [0.1, 0.15) is 28.9 Å². The van der Waals surface area contributed by atoms with E-state index in [4.69, 9.17) is 15.9 Å². The Morgan fingerprint density at radius 1 is 1.12 bits per heavy atom. The number of carboxylic acids is 2. The Hall–Kier alpha value is -4.55. The third-order valence-electron chi connectivity index (χ3n) is 4.59. The number of hydrogen-bond donors (Lipinski definition) is 6. The first kappa shape index (κ1) is 23.1. The molecule has 0 radical (unpaired) electrons. The van der Waals surface area contributed by atoms with E-state index in [0.717, 1.165) is 0 Å². The van der Waals surface area contributed by atoms with Gasteiger partial charge in [0.15, 0.2) is 11.2 Å². The number of carbonyl (C=O) groups excluding carboxylic acids is 1. The third kappa shape index (κ3) is 6.22. The summed E-state index contributed by atoms with van der Waals surface area (Å²) in [7, 11) is 0. The lowest BCUT2D eigenvalue weighted by Crippen LogP contribution is -2.41. The number of hydrogen-bond acceptors (Lipinski definition) is 9. The molecule has 0 saturated carbocycles. The maximum atomic E-state index is 12.3. The van der Waals surface area contributed by atoms with Crippen LogP contribution in [0.25, 0.3) is 11.2 Å². The van der Waals surface area contributed by atoms with Gasteiger partial charge in [0.2, 0.25) is 5.95 Å². The molecule has 0 saturated heterocycles. The number of nitrogens with zero attached hydrogens (tertiary/aromatic N) is 3. The van der Waals surface area contributed by atoms with Crippen molar-refractivity contribution in [2.75, 3.05) is 17.6 Å². The second-order valence-corrected chi connectivity index (χ2v) is 7.04. The van der Waals surface area contributed by atoms with Crippen molar-refractivity contribution < 1.29 is 24.6 Å². The van der Waals surface area contributed by atoms with Gasteiger partial charge in [-0.2, -0.15) is 4.98 Å². The molecule has 1 amide bonds. The summed E-state index contributed by atoms with van der Waals surface area (Å²) in [5, 5.41) is 23.3. The number of anilines is 2. The fraction of sp³-hybridized carbons (Fsp3) is 0.250. The van der Waals surface area contributed by atoms with Gasteiger partial charge in [0.1, 0.15) is 6.04 Å². The minimum atomic E-state index is -1.30. The zero-order chi connectivity index (χ0) is 24.0. The lowest BCUT2D eigenvalue weighted by atomic mass is 10.1. The molecule has 0 spiro atoms. The van der Waals surface area contributed by atoms with Gasteiger partial charge in [-0.3, -0.25) is 19.4 Å². The molecule has 0 aliphatic heterocycles. The van der Waals surface area contributed by atoms with Gasteiger partial charge < -0.3 is 26.6 Å². The average molecular weight is 455 g/mol. The van der Waals surface area contributed by atoms with Crippen molar-refractivity contribution in [3.63, 3.8) is 0 Å². The Bertz CT molecular complexity index is 1240. The summed E-state index contributed by atoms with van der Waals surface area (Å²) in [5.74, 6) is -3.10. The van der Waals surface area contributed by atoms with Crippen molar-refractivity contribution in [3.8, 4) is 0 Å². The minimum absolute atomic E-state index is 0.0351. The van der Waals surface area contributed by atoms with E-state index in [1.54, 1.807) is 12.1 Å². The molecule has 2 heterocycles. The van der Waals surface area contributed by atoms with Gasteiger partial charge >= 0.3 is 11.9 Å². The lowest BCUT2D eigenvalue weighted by Gasteiger charge is -2.14. The molecular weight excluding hydrogens is 434 g/mol. The molecular formula is C20H21N7O6. The highest BCUT2D eigenvalue weighted by Gasteiger charge is 2.21. The van der Waals surface area contributed by atoms with Crippen molar-refractivity contribution in [2.24, 2.45) is 0 Å². The standard InChI is InChI=1S/C20H21N7O6/c21-20-26-16-15(18(31)27-20)24-12(9-23-16)7-8-22-11-3-1-10(2-4-11)17(30)25-13(19(32)33)5-6-14(28)29/h1-4,9,13,22H,5-8H2,(H,25,30)(H,28,29)(H,32,33)(H3,21,23,26,27,31). The molecule has 172 valence electrons. The second kappa shape index (κ2) is 10.2. The van der Waals surface area contributed by atoms with E-state index in [1.807, 2.05) is 0 Å². The van der Waals surface area contributed by atoms with Crippen LogP contribution in [0.15, 0.2) is 35.3 Å². The zero-order valence-electron chi connectivity index (χ0n) is 17.2. The number of benzene rings is 1. The number of carbonyl (C=O) groups is 3. The normalized spacial score (nSPS) is 11.6. The molecule has 1 aromatic carbocycles. The first-order valence-electron chi connectivity index (χ1n) is 9.83. The van der Waals surface area contributed by atoms with E-state index in [1.165, 1.54) is 18.3 Å². The van der Waals surface area contributed by atoms with Crippen LogP contribution in [-0.2, 0) is 16.0 Å². The fourth-order valence-corrected chi connectivity index (χ4v) is 2.93. The number of aliphatic carboxylic acids is 2. The smallest absolute Gasteiger partial charge is 0.326 e. The van der Waals surface area contributed by atoms with Gasteiger partial charge in [-0.05, 0) is 30.7 Å². The molecule has 13 nitrogen and oxygen atoms in total. The topological polar surface area (TPSA) is 213 Å². The van der Waals surface area contributed by atoms with Gasteiger partial charge in [-0.15, -0.1) is 0 Å². The van der Waals surface area contributed by atoms with Crippen molar-refractivity contribution in [1.29, 1.82) is 0 Å². The largest absolute Gasteiger partial charge is 0.481 e. The molecule has 2 aromatic heterocycles. The summed E-state index contributed by atoms with van der Waals surface area (Å²) in [6, 6.07) is 5.02. The van der Waals surface area contributed by atoms with E-state index in [0.29, 0.717) is 24.3 Å². The van der Waals surface area contributed by atoms with Gasteiger partial charge in [-0.25, -0.2) is 14.8 Å². The number of aromatic nitrogens is 4. The molecule has 7 N–H and O–H groups in total. The Morgan fingerprint density at radius 2 is 1.85 bits per heavy atom. The number of carboxylic acid groups (broad SMARTS) is 2. The quantitative estimate of drug-likeness (QED) is 0.239. The highest BCUT2D eigenvalue weighted by molar-refractivity contribution is 5.96. The highest BCUT2D eigenvalue weighted by Crippen LogP contribution is 2.11. The van der Waals surface area contributed by atoms with E-state index in [-0.39, 0.29) is 35.5 Å². The summed E-state index contributed by atoms with van der Waals surface area (Å²) >= 11 is 0. The van der Waals surface area contributed by atoms with Crippen LogP contribution in [0.2, 0.25) is 0 Å². The van der Waals surface area contributed by atoms with Crippen LogP contribution >= 0.6 is 0 Å². The summed E-state index contributed by atoms with van der Waals surface area (Å²) in [6.07, 6.45) is 1.37. The molecule has 0 bridgehead atoms.